The first-order chi connectivity index (χ1) is 5.18. The molecule has 0 spiro atoms. The molecular weight excluding hydrogens is 162 g/mol. The predicted octanol–water partition coefficient (Wildman–Crippen LogP) is 1.07. The molecule has 0 heterocycles. The summed E-state index contributed by atoms with van der Waals surface area (Å²) in [4.78, 5) is 0. The highest BCUT2D eigenvalue weighted by molar-refractivity contribution is 7.73. The highest BCUT2D eigenvalue weighted by atomic mass is 32.2. The molecule has 0 aliphatic carbocycles. The Kier molecular flexibility index (Phi) is 5.86. The highest BCUT2D eigenvalue weighted by Gasteiger charge is 2.02. The van der Waals surface area contributed by atoms with Crippen LogP contribution in [0.2, 0.25) is 0 Å². The fourth-order valence-electron chi connectivity index (χ4n) is 0.749. The first-order valence-electron chi connectivity index (χ1n) is 3.69. The molecule has 0 aromatic rings. The van der Waals surface area contributed by atoms with Gasteiger partial charge in [0.15, 0.2) is 0 Å². The van der Waals surface area contributed by atoms with Crippen LogP contribution in [0.15, 0.2) is 0 Å². The smallest absolute Gasteiger partial charge is 0.142 e. The van der Waals surface area contributed by atoms with Crippen LogP contribution in [0.25, 0.3) is 0 Å². The van der Waals surface area contributed by atoms with Crippen molar-refractivity contribution in [2.45, 2.75) is 37.9 Å². The van der Waals surface area contributed by atoms with Gasteiger partial charge in [-0.05, 0) is 19.8 Å². The van der Waals surface area contributed by atoms with Crippen LogP contribution >= 0.6 is 0 Å². The van der Waals surface area contributed by atoms with Crippen LogP contribution in [0.4, 0.5) is 0 Å². The number of rotatable bonds is 5. The molecule has 0 aliphatic rings. The second kappa shape index (κ2) is 6.17. The lowest BCUT2D eigenvalue weighted by molar-refractivity contribution is 0.588. The minimum Gasteiger partial charge on any atom is -0.232 e. The molecule has 1 unspecified atom stereocenters. The summed E-state index contributed by atoms with van der Waals surface area (Å²) in [5.41, 5.74) is 0. The van der Waals surface area contributed by atoms with Crippen molar-refractivity contribution in [2.24, 2.45) is 0 Å². The molecule has 0 aliphatic heterocycles. The lowest BCUT2D eigenvalue weighted by atomic mass is 10.2. The quantitative estimate of drug-likeness (QED) is 0.502. The molecule has 0 radical (unpaired) electrons. The molecule has 1 atom stereocenters. The van der Waals surface area contributed by atoms with E-state index in [1.165, 1.54) is 0 Å². The minimum absolute atomic E-state index is 0.233. The zero-order valence-corrected chi connectivity index (χ0v) is 7.51. The van der Waals surface area contributed by atoms with Gasteiger partial charge in [0.05, 0.1) is 11.3 Å². The van der Waals surface area contributed by atoms with E-state index < -0.39 is 10.7 Å². The summed E-state index contributed by atoms with van der Waals surface area (Å²) in [6, 6.07) is 2.02. The Morgan fingerprint density at radius 3 is 2.55 bits per heavy atom. The van der Waals surface area contributed by atoms with E-state index in [0.29, 0.717) is 12.8 Å². The van der Waals surface area contributed by atoms with Crippen LogP contribution in [-0.2, 0) is 10.7 Å². The van der Waals surface area contributed by atoms with Gasteiger partial charge in [0, 0.05) is 6.42 Å². The van der Waals surface area contributed by atoms with Crippen LogP contribution in [0.5, 0.6) is 0 Å². The van der Waals surface area contributed by atoms with Crippen molar-refractivity contribution >= 4 is 10.7 Å². The number of hydrogen-bond donors (Lipinski definition) is 1. The van der Waals surface area contributed by atoms with Crippen LogP contribution < -0.4 is 0 Å². The van der Waals surface area contributed by atoms with E-state index >= 15 is 0 Å². The fraction of sp³-hybridized carbons (Fsp3) is 0.857. The summed E-state index contributed by atoms with van der Waals surface area (Å²) in [6.07, 6.45) is 2.85. The van der Waals surface area contributed by atoms with Crippen molar-refractivity contribution in [1.82, 2.24) is 0 Å². The lowest BCUT2D eigenvalue weighted by Crippen LogP contribution is -2.02. The van der Waals surface area contributed by atoms with Gasteiger partial charge in [-0.3, -0.25) is 0 Å². The van der Waals surface area contributed by atoms with E-state index in [-0.39, 0.29) is 5.25 Å². The van der Waals surface area contributed by atoms with Gasteiger partial charge >= 0.3 is 0 Å². The Hall–Kier alpha value is -0.560. The fourth-order valence-corrected chi connectivity index (χ4v) is 1.14. The molecule has 0 aromatic carbocycles. The van der Waals surface area contributed by atoms with E-state index in [1.807, 2.05) is 6.07 Å². The van der Waals surface area contributed by atoms with Gasteiger partial charge in [0.2, 0.25) is 0 Å². The molecule has 3 nitrogen and oxygen atoms in total. The molecule has 0 aromatic heterocycles. The van der Waals surface area contributed by atoms with Crippen molar-refractivity contribution in [3.8, 4) is 6.07 Å². The van der Waals surface area contributed by atoms with Crippen LogP contribution in [0.1, 0.15) is 32.6 Å². The predicted molar refractivity (Wildman–Crippen MR) is 43.9 cm³/mol. The Morgan fingerprint density at radius 2 is 2.09 bits per heavy atom. The molecule has 0 N–H and O–H groups in total. The van der Waals surface area contributed by atoms with Crippen molar-refractivity contribution < 1.29 is 8.42 Å². The Balaban J connectivity index is 3.33. The number of hydrogen-bond acceptors (Lipinski definition) is 3. The summed E-state index contributed by atoms with van der Waals surface area (Å²) in [7, 11) is -2.27. The molecular formula is C7H13NO2S. The normalized spacial score (nSPS) is 12.8. The number of unbranched alkanes of at least 4 members (excludes halogenated alkanes) is 2. The Labute approximate surface area is 69.0 Å². The van der Waals surface area contributed by atoms with E-state index in [4.69, 9.17) is 5.26 Å². The van der Waals surface area contributed by atoms with Gasteiger partial charge in [-0.25, -0.2) is 8.42 Å². The van der Waals surface area contributed by atoms with Crippen molar-refractivity contribution in [2.75, 3.05) is 0 Å². The van der Waals surface area contributed by atoms with Gasteiger partial charge in [-0.2, -0.15) is 5.26 Å². The van der Waals surface area contributed by atoms with Crippen molar-refractivity contribution in [3.05, 3.63) is 0 Å². The van der Waals surface area contributed by atoms with Gasteiger partial charge in [-0.1, -0.05) is 6.42 Å². The maximum Gasteiger partial charge on any atom is 0.142 e. The highest BCUT2D eigenvalue weighted by Crippen LogP contribution is 2.04. The second-order valence-electron chi connectivity index (χ2n) is 2.54. The molecule has 0 saturated heterocycles. The summed E-state index contributed by atoms with van der Waals surface area (Å²) < 4.78 is 20.7. The summed E-state index contributed by atoms with van der Waals surface area (Å²) >= 11 is 0. The Bertz CT molecular complexity index is 197. The lowest BCUT2D eigenvalue weighted by Gasteiger charge is -2.00. The average molecular weight is 175 g/mol. The molecule has 64 valence electrons. The van der Waals surface area contributed by atoms with Crippen molar-refractivity contribution in [3.63, 3.8) is 0 Å². The maximum atomic E-state index is 10.3. The van der Waals surface area contributed by atoms with E-state index in [0.717, 1.165) is 12.8 Å². The number of nitrogens with zero attached hydrogens (tertiary/aromatic N) is 1. The zero-order chi connectivity index (χ0) is 8.69. The first kappa shape index (κ1) is 10.4. The molecule has 0 rings (SSSR count). The topological polar surface area (TPSA) is 57.9 Å². The average Bonchev–Trinajstić information content (AvgIpc) is 1.97. The molecule has 4 heteroatoms. The third kappa shape index (κ3) is 5.86. The zero-order valence-electron chi connectivity index (χ0n) is 6.62. The maximum absolute atomic E-state index is 10.3. The van der Waals surface area contributed by atoms with Crippen LogP contribution in [0, 0.1) is 11.3 Å². The molecule has 0 bridgehead atoms. The molecule has 0 saturated carbocycles. The standard InChI is InChI=1S/C7H13NO2S/c1-7(11(9)10)5-3-2-4-6-8/h7,11H,2-5H2,1H3. The third-order valence-electron chi connectivity index (χ3n) is 1.52. The van der Waals surface area contributed by atoms with Crippen molar-refractivity contribution in [1.29, 1.82) is 5.26 Å². The van der Waals surface area contributed by atoms with E-state index in [1.54, 1.807) is 6.92 Å². The first-order valence-corrected chi connectivity index (χ1v) is 4.93. The minimum atomic E-state index is -2.27. The second-order valence-corrected chi connectivity index (χ2v) is 3.99. The van der Waals surface area contributed by atoms with E-state index in [9.17, 15) is 8.42 Å². The largest absolute Gasteiger partial charge is 0.232 e. The Morgan fingerprint density at radius 1 is 1.45 bits per heavy atom. The third-order valence-corrected chi connectivity index (χ3v) is 2.50. The van der Waals surface area contributed by atoms with Gasteiger partial charge in [0.25, 0.3) is 0 Å². The van der Waals surface area contributed by atoms with Crippen LogP contribution in [-0.4, -0.2) is 13.7 Å². The van der Waals surface area contributed by atoms with Gasteiger partial charge in [0.1, 0.15) is 10.7 Å². The van der Waals surface area contributed by atoms with Crippen LogP contribution in [0.3, 0.4) is 0 Å². The summed E-state index contributed by atoms with van der Waals surface area (Å²) in [5.74, 6) is 0. The molecule has 0 fully saturated rings. The summed E-state index contributed by atoms with van der Waals surface area (Å²) in [5, 5.41) is 7.94. The number of thiol groups is 1. The molecule has 0 amide bonds. The molecule has 11 heavy (non-hydrogen) atoms. The van der Waals surface area contributed by atoms with Gasteiger partial charge < -0.3 is 0 Å². The van der Waals surface area contributed by atoms with E-state index in [2.05, 4.69) is 0 Å². The number of nitriles is 1. The summed E-state index contributed by atoms with van der Waals surface area (Å²) in [6.45, 7) is 1.69. The van der Waals surface area contributed by atoms with Gasteiger partial charge in [-0.15, -0.1) is 0 Å². The SMILES string of the molecule is CC(CCCCC#N)[SH](=O)=O. The monoisotopic (exact) mass is 175 g/mol.